The molecule has 0 amide bonds. The highest BCUT2D eigenvalue weighted by molar-refractivity contribution is 4.98. The van der Waals surface area contributed by atoms with Gasteiger partial charge >= 0.3 is 0 Å². The molecule has 0 radical (unpaired) electrons. The summed E-state index contributed by atoms with van der Waals surface area (Å²) < 4.78 is 2.19. The molecule has 0 unspecified atom stereocenters. The third-order valence-electron chi connectivity index (χ3n) is 2.58. The lowest BCUT2D eigenvalue weighted by molar-refractivity contribution is 0.386. The van der Waals surface area contributed by atoms with Crippen molar-refractivity contribution in [1.82, 2.24) is 14.8 Å². The van der Waals surface area contributed by atoms with E-state index in [-0.39, 0.29) is 0 Å². The maximum atomic E-state index is 5.61. The van der Waals surface area contributed by atoms with E-state index in [0.717, 1.165) is 31.2 Å². The molecule has 1 aliphatic heterocycles. The Labute approximate surface area is 71.8 Å². The monoisotopic (exact) mass is 166 g/mol. The third-order valence-corrected chi connectivity index (χ3v) is 2.58. The zero-order chi connectivity index (χ0) is 8.55. The van der Waals surface area contributed by atoms with Crippen LogP contribution in [0.5, 0.6) is 0 Å². The Morgan fingerprint density at radius 2 is 2.42 bits per heavy atom. The molecule has 0 saturated heterocycles. The molecule has 0 saturated carbocycles. The molecule has 66 valence electrons. The zero-order valence-corrected chi connectivity index (χ0v) is 7.32. The third kappa shape index (κ3) is 1.12. The maximum absolute atomic E-state index is 5.61. The van der Waals surface area contributed by atoms with Crippen molar-refractivity contribution in [3.63, 3.8) is 0 Å². The van der Waals surface area contributed by atoms with Crippen LogP contribution in [0.3, 0.4) is 0 Å². The molecule has 2 heterocycles. The van der Waals surface area contributed by atoms with E-state index in [4.69, 9.17) is 5.73 Å². The van der Waals surface area contributed by atoms with E-state index in [1.165, 1.54) is 6.42 Å². The smallest absolute Gasteiger partial charge is 0.133 e. The van der Waals surface area contributed by atoms with Crippen molar-refractivity contribution in [2.24, 2.45) is 11.7 Å². The fourth-order valence-corrected chi connectivity index (χ4v) is 1.74. The number of rotatable bonds is 1. The lowest BCUT2D eigenvalue weighted by atomic mass is 9.98. The van der Waals surface area contributed by atoms with Gasteiger partial charge in [0.25, 0.3) is 0 Å². The van der Waals surface area contributed by atoms with Gasteiger partial charge in [-0.25, -0.2) is 0 Å². The first-order chi connectivity index (χ1) is 5.81. The predicted molar refractivity (Wildman–Crippen MR) is 45.6 cm³/mol. The number of fused-ring (bicyclic) bond motifs is 1. The number of nitrogens with two attached hydrogens (primary N) is 1. The van der Waals surface area contributed by atoms with Gasteiger partial charge in [0.2, 0.25) is 0 Å². The van der Waals surface area contributed by atoms with Gasteiger partial charge in [0, 0.05) is 13.0 Å². The molecule has 0 bridgehead atoms. The highest BCUT2D eigenvalue weighted by atomic mass is 15.3. The van der Waals surface area contributed by atoms with Gasteiger partial charge in [0.15, 0.2) is 0 Å². The summed E-state index contributed by atoms with van der Waals surface area (Å²) in [5.74, 6) is 2.75. The number of hydrogen-bond acceptors (Lipinski definition) is 3. The van der Waals surface area contributed by atoms with Gasteiger partial charge < -0.3 is 10.3 Å². The Morgan fingerprint density at radius 3 is 3.17 bits per heavy atom. The number of hydrogen-bond donors (Lipinski definition) is 1. The van der Waals surface area contributed by atoms with Gasteiger partial charge in [0.05, 0.1) is 0 Å². The Hall–Kier alpha value is -0.900. The molecule has 0 fully saturated rings. The van der Waals surface area contributed by atoms with Crippen molar-refractivity contribution in [1.29, 1.82) is 0 Å². The molecular weight excluding hydrogens is 152 g/mol. The minimum Gasteiger partial charge on any atom is -0.330 e. The molecule has 12 heavy (non-hydrogen) atoms. The van der Waals surface area contributed by atoms with Crippen molar-refractivity contribution >= 4 is 0 Å². The highest BCUT2D eigenvalue weighted by Crippen LogP contribution is 2.18. The van der Waals surface area contributed by atoms with Crippen LogP contribution in [0, 0.1) is 12.8 Å². The minimum atomic E-state index is 0.612. The number of aryl methyl sites for hydroxylation is 1. The summed E-state index contributed by atoms with van der Waals surface area (Å²) in [6.07, 6.45) is 2.17. The van der Waals surface area contributed by atoms with Gasteiger partial charge in [-0.2, -0.15) is 0 Å². The number of aromatic nitrogens is 3. The maximum Gasteiger partial charge on any atom is 0.133 e. The summed E-state index contributed by atoms with van der Waals surface area (Å²) in [6.45, 7) is 3.81. The molecule has 4 nitrogen and oxygen atoms in total. The van der Waals surface area contributed by atoms with E-state index in [2.05, 4.69) is 14.8 Å². The van der Waals surface area contributed by atoms with E-state index in [1.54, 1.807) is 0 Å². The second kappa shape index (κ2) is 2.86. The van der Waals surface area contributed by atoms with Crippen molar-refractivity contribution < 1.29 is 0 Å². The second-order valence-corrected chi connectivity index (χ2v) is 3.41. The van der Waals surface area contributed by atoms with Gasteiger partial charge in [-0.3, -0.25) is 0 Å². The van der Waals surface area contributed by atoms with Crippen molar-refractivity contribution in [2.75, 3.05) is 6.54 Å². The summed E-state index contributed by atoms with van der Waals surface area (Å²) in [6, 6.07) is 0. The van der Waals surface area contributed by atoms with Crippen LogP contribution in [-0.4, -0.2) is 21.3 Å². The van der Waals surface area contributed by atoms with Crippen LogP contribution in [0.1, 0.15) is 18.1 Å². The Morgan fingerprint density at radius 1 is 1.58 bits per heavy atom. The summed E-state index contributed by atoms with van der Waals surface area (Å²) >= 11 is 0. The summed E-state index contributed by atoms with van der Waals surface area (Å²) in [7, 11) is 0. The summed E-state index contributed by atoms with van der Waals surface area (Å²) in [5, 5.41) is 8.15. The molecule has 2 N–H and O–H groups in total. The summed E-state index contributed by atoms with van der Waals surface area (Å²) in [5.41, 5.74) is 5.61. The van der Waals surface area contributed by atoms with Gasteiger partial charge in [-0.05, 0) is 25.8 Å². The Kier molecular flexibility index (Phi) is 1.84. The normalized spacial score (nSPS) is 22.3. The molecular formula is C8H14N4. The first-order valence-electron chi connectivity index (χ1n) is 4.40. The largest absolute Gasteiger partial charge is 0.330 e. The Balaban J connectivity index is 2.24. The van der Waals surface area contributed by atoms with E-state index >= 15 is 0 Å². The van der Waals surface area contributed by atoms with Crippen LogP contribution in [0.4, 0.5) is 0 Å². The van der Waals surface area contributed by atoms with Crippen LogP contribution in [-0.2, 0) is 13.0 Å². The quantitative estimate of drug-likeness (QED) is 0.644. The summed E-state index contributed by atoms with van der Waals surface area (Å²) in [4.78, 5) is 0. The van der Waals surface area contributed by atoms with Gasteiger partial charge in [-0.1, -0.05) is 0 Å². The van der Waals surface area contributed by atoms with Crippen molar-refractivity contribution in [3.8, 4) is 0 Å². The highest BCUT2D eigenvalue weighted by Gasteiger charge is 2.19. The second-order valence-electron chi connectivity index (χ2n) is 3.41. The lowest BCUT2D eigenvalue weighted by Gasteiger charge is -2.21. The SMILES string of the molecule is Cc1nnc2n1CC[C@@H](CN)C2. The van der Waals surface area contributed by atoms with E-state index < -0.39 is 0 Å². The average Bonchev–Trinajstić information content (AvgIpc) is 2.47. The van der Waals surface area contributed by atoms with Crippen molar-refractivity contribution in [2.45, 2.75) is 26.3 Å². The van der Waals surface area contributed by atoms with Crippen LogP contribution < -0.4 is 5.73 Å². The molecule has 0 aromatic carbocycles. The van der Waals surface area contributed by atoms with Crippen molar-refractivity contribution in [3.05, 3.63) is 11.6 Å². The fourth-order valence-electron chi connectivity index (χ4n) is 1.74. The predicted octanol–water partition coefficient (Wildman–Crippen LogP) is 0.108. The zero-order valence-electron chi connectivity index (χ0n) is 7.32. The first-order valence-corrected chi connectivity index (χ1v) is 4.40. The number of nitrogens with zero attached hydrogens (tertiary/aromatic N) is 3. The van der Waals surface area contributed by atoms with Crippen LogP contribution in [0.2, 0.25) is 0 Å². The Bertz CT molecular complexity index is 279. The average molecular weight is 166 g/mol. The first kappa shape index (κ1) is 7.73. The van der Waals surface area contributed by atoms with Crippen LogP contribution in [0.25, 0.3) is 0 Å². The molecule has 4 heteroatoms. The fraction of sp³-hybridized carbons (Fsp3) is 0.750. The molecule has 1 aliphatic rings. The van der Waals surface area contributed by atoms with E-state index in [1.807, 2.05) is 6.92 Å². The van der Waals surface area contributed by atoms with Crippen LogP contribution >= 0.6 is 0 Å². The molecule has 0 spiro atoms. The standard InChI is InChI=1S/C8H14N4/c1-6-10-11-8-4-7(5-9)2-3-12(6)8/h7H,2-5,9H2,1H3/t7-/m1/s1. The lowest BCUT2D eigenvalue weighted by Crippen LogP contribution is -2.25. The van der Waals surface area contributed by atoms with Gasteiger partial charge in [0.1, 0.15) is 11.6 Å². The topological polar surface area (TPSA) is 56.7 Å². The van der Waals surface area contributed by atoms with Crippen LogP contribution in [0.15, 0.2) is 0 Å². The van der Waals surface area contributed by atoms with E-state index in [9.17, 15) is 0 Å². The molecule has 1 atom stereocenters. The minimum absolute atomic E-state index is 0.612. The molecule has 1 aromatic rings. The van der Waals surface area contributed by atoms with E-state index in [0.29, 0.717) is 5.92 Å². The van der Waals surface area contributed by atoms with Gasteiger partial charge in [-0.15, -0.1) is 10.2 Å². The molecule has 1 aromatic heterocycles. The molecule has 2 rings (SSSR count). The molecule has 0 aliphatic carbocycles.